The zero-order valence-electron chi connectivity index (χ0n) is 6.47. The van der Waals surface area contributed by atoms with Crippen LogP contribution in [0.1, 0.15) is 5.69 Å². The highest BCUT2D eigenvalue weighted by molar-refractivity contribution is 14.1. The number of alkyl halides is 3. The van der Waals surface area contributed by atoms with E-state index in [0.717, 1.165) is 12.1 Å². The maximum Gasteiger partial charge on any atom is 0.573 e. The molecule has 0 N–H and O–H groups in total. The van der Waals surface area contributed by atoms with Crippen molar-refractivity contribution in [3.63, 3.8) is 0 Å². The molecular formula is C7H2F3IN2O. The summed E-state index contributed by atoms with van der Waals surface area (Å²) in [6.07, 6.45) is -4.75. The highest BCUT2D eigenvalue weighted by Gasteiger charge is 2.31. The van der Waals surface area contributed by atoms with Crippen molar-refractivity contribution >= 4 is 22.6 Å². The van der Waals surface area contributed by atoms with Crippen molar-refractivity contribution in [2.45, 2.75) is 6.36 Å². The van der Waals surface area contributed by atoms with Gasteiger partial charge in [-0.15, -0.1) is 13.2 Å². The van der Waals surface area contributed by atoms with Crippen molar-refractivity contribution in [1.82, 2.24) is 4.98 Å². The third-order valence-electron chi connectivity index (χ3n) is 1.12. The molecule has 1 heterocycles. The van der Waals surface area contributed by atoms with E-state index in [-0.39, 0.29) is 9.39 Å². The number of rotatable bonds is 1. The molecule has 0 unspecified atom stereocenters. The van der Waals surface area contributed by atoms with Crippen LogP contribution in [0, 0.1) is 15.0 Å². The molecule has 0 atom stereocenters. The van der Waals surface area contributed by atoms with E-state index in [0.29, 0.717) is 0 Å². The van der Waals surface area contributed by atoms with Gasteiger partial charge in [-0.1, -0.05) is 0 Å². The molecule has 0 aliphatic rings. The van der Waals surface area contributed by atoms with Gasteiger partial charge in [0.05, 0.1) is 0 Å². The smallest absolute Gasteiger partial charge is 0.406 e. The summed E-state index contributed by atoms with van der Waals surface area (Å²) >= 11 is 1.70. The monoisotopic (exact) mass is 314 g/mol. The van der Waals surface area contributed by atoms with Crippen LogP contribution < -0.4 is 4.74 Å². The second-order valence-corrected chi connectivity index (χ2v) is 3.28. The van der Waals surface area contributed by atoms with Crippen LogP contribution in [0.25, 0.3) is 0 Å². The molecule has 0 saturated heterocycles. The average Bonchev–Trinajstić information content (AvgIpc) is 1.99. The number of aromatic nitrogens is 1. The summed E-state index contributed by atoms with van der Waals surface area (Å²) in [5.41, 5.74) is -0.115. The molecule has 1 aromatic rings. The summed E-state index contributed by atoms with van der Waals surface area (Å²) in [5, 5.41) is 8.43. The number of nitriles is 1. The predicted octanol–water partition coefficient (Wildman–Crippen LogP) is 2.46. The Morgan fingerprint density at radius 1 is 1.43 bits per heavy atom. The number of nitrogens with zero attached hydrogens (tertiary/aromatic N) is 2. The lowest BCUT2D eigenvalue weighted by Gasteiger charge is -2.08. The molecule has 74 valence electrons. The molecule has 14 heavy (non-hydrogen) atoms. The van der Waals surface area contributed by atoms with Gasteiger partial charge in [0.25, 0.3) is 0 Å². The summed E-state index contributed by atoms with van der Waals surface area (Å²) in [6, 6.07) is 3.65. The average molecular weight is 314 g/mol. The van der Waals surface area contributed by atoms with Gasteiger partial charge in [-0.2, -0.15) is 5.26 Å². The van der Waals surface area contributed by atoms with E-state index in [9.17, 15) is 13.2 Å². The molecule has 0 fully saturated rings. The lowest BCUT2D eigenvalue weighted by Crippen LogP contribution is -2.17. The van der Waals surface area contributed by atoms with Crippen LogP contribution in [-0.4, -0.2) is 11.3 Å². The Bertz CT molecular complexity index is 386. The van der Waals surface area contributed by atoms with E-state index in [2.05, 4.69) is 9.72 Å². The number of pyridine rings is 1. The van der Waals surface area contributed by atoms with Crippen LogP contribution in [0.15, 0.2) is 12.1 Å². The highest BCUT2D eigenvalue weighted by Crippen LogP contribution is 2.24. The molecule has 0 bridgehead atoms. The van der Waals surface area contributed by atoms with Gasteiger partial charge >= 0.3 is 6.36 Å². The minimum atomic E-state index is -4.75. The maximum atomic E-state index is 11.8. The molecular weight excluding hydrogens is 312 g/mol. The van der Waals surface area contributed by atoms with E-state index in [1.807, 2.05) is 0 Å². The van der Waals surface area contributed by atoms with Crippen LogP contribution in [0.3, 0.4) is 0 Å². The number of hydrogen-bond donors (Lipinski definition) is 0. The van der Waals surface area contributed by atoms with Gasteiger partial charge in [-0.3, -0.25) is 0 Å². The Hall–Kier alpha value is -1.04. The lowest BCUT2D eigenvalue weighted by atomic mass is 10.3. The first-order chi connectivity index (χ1) is 6.40. The Morgan fingerprint density at radius 3 is 2.57 bits per heavy atom. The lowest BCUT2D eigenvalue weighted by molar-refractivity contribution is -0.274. The third-order valence-corrected chi connectivity index (χ3v) is 1.67. The number of hydrogen-bond acceptors (Lipinski definition) is 3. The quantitative estimate of drug-likeness (QED) is 0.591. The molecule has 0 saturated carbocycles. The van der Waals surface area contributed by atoms with Crippen molar-refractivity contribution in [2.24, 2.45) is 0 Å². The van der Waals surface area contributed by atoms with Crippen molar-refractivity contribution in [2.75, 3.05) is 0 Å². The largest absolute Gasteiger partial charge is 0.573 e. The Labute approximate surface area is 90.6 Å². The van der Waals surface area contributed by atoms with Crippen molar-refractivity contribution in [3.8, 4) is 11.8 Å². The zero-order chi connectivity index (χ0) is 10.8. The topological polar surface area (TPSA) is 45.9 Å². The number of halogens is 4. The Kier molecular flexibility index (Phi) is 3.15. The summed E-state index contributed by atoms with van der Waals surface area (Å²) in [7, 11) is 0. The normalized spacial score (nSPS) is 10.8. The van der Waals surface area contributed by atoms with Crippen LogP contribution in [0.2, 0.25) is 0 Å². The number of ether oxygens (including phenoxy) is 1. The van der Waals surface area contributed by atoms with Crippen LogP contribution in [-0.2, 0) is 0 Å². The summed E-state index contributed by atoms with van der Waals surface area (Å²) in [5.74, 6) is -0.437. The summed E-state index contributed by atoms with van der Waals surface area (Å²) < 4.78 is 39.2. The van der Waals surface area contributed by atoms with E-state index in [1.54, 1.807) is 28.7 Å². The Morgan fingerprint density at radius 2 is 2.07 bits per heavy atom. The van der Waals surface area contributed by atoms with Gasteiger partial charge in [0.15, 0.2) is 0 Å². The minimum Gasteiger partial charge on any atom is -0.406 e. The first-order valence-corrected chi connectivity index (χ1v) is 4.32. The van der Waals surface area contributed by atoms with Gasteiger partial charge in [0, 0.05) is 12.1 Å². The first kappa shape index (κ1) is 11.0. The van der Waals surface area contributed by atoms with Crippen LogP contribution in [0.5, 0.6) is 5.75 Å². The minimum absolute atomic E-state index is 0.115. The van der Waals surface area contributed by atoms with Crippen molar-refractivity contribution < 1.29 is 17.9 Å². The van der Waals surface area contributed by atoms with Gasteiger partial charge in [-0.05, 0) is 22.6 Å². The standard InChI is InChI=1S/C7H2F3IN2O/c8-7(9,10)14-5-1-4(3-12)13-6(11)2-5/h1-2H. The van der Waals surface area contributed by atoms with E-state index < -0.39 is 12.1 Å². The second kappa shape index (κ2) is 4.00. The molecule has 0 aromatic carbocycles. The molecule has 0 spiro atoms. The predicted molar refractivity (Wildman–Crippen MR) is 48.4 cm³/mol. The van der Waals surface area contributed by atoms with Crippen LogP contribution >= 0.6 is 22.6 Å². The summed E-state index contributed by atoms with van der Waals surface area (Å²) in [6.45, 7) is 0. The molecule has 0 aliphatic carbocycles. The second-order valence-electron chi connectivity index (χ2n) is 2.17. The molecule has 0 amide bonds. The van der Waals surface area contributed by atoms with Crippen molar-refractivity contribution in [3.05, 3.63) is 21.5 Å². The first-order valence-electron chi connectivity index (χ1n) is 3.24. The van der Waals surface area contributed by atoms with Gasteiger partial charge in [-0.25, -0.2) is 4.98 Å². The van der Waals surface area contributed by atoms with E-state index in [1.165, 1.54) is 0 Å². The summed E-state index contributed by atoms with van der Waals surface area (Å²) in [4.78, 5) is 3.66. The zero-order valence-corrected chi connectivity index (χ0v) is 8.63. The molecule has 7 heteroatoms. The molecule has 0 aliphatic heterocycles. The fourth-order valence-electron chi connectivity index (χ4n) is 0.723. The fraction of sp³-hybridized carbons (Fsp3) is 0.143. The van der Waals surface area contributed by atoms with Crippen LogP contribution in [0.4, 0.5) is 13.2 Å². The SMILES string of the molecule is N#Cc1cc(OC(F)(F)F)cc(I)n1. The molecule has 0 radical (unpaired) electrons. The fourth-order valence-corrected chi connectivity index (χ4v) is 1.29. The van der Waals surface area contributed by atoms with Gasteiger partial charge in [0.2, 0.25) is 0 Å². The third kappa shape index (κ3) is 3.37. The maximum absolute atomic E-state index is 11.8. The van der Waals surface area contributed by atoms with Gasteiger partial charge in [0.1, 0.15) is 21.2 Å². The Balaban J connectivity index is 3.00. The van der Waals surface area contributed by atoms with Crippen molar-refractivity contribution in [1.29, 1.82) is 5.26 Å². The molecule has 3 nitrogen and oxygen atoms in total. The molecule has 1 rings (SSSR count). The van der Waals surface area contributed by atoms with E-state index >= 15 is 0 Å². The van der Waals surface area contributed by atoms with Gasteiger partial charge < -0.3 is 4.74 Å². The van der Waals surface area contributed by atoms with E-state index in [4.69, 9.17) is 5.26 Å². The highest BCUT2D eigenvalue weighted by atomic mass is 127. The molecule has 1 aromatic heterocycles.